The van der Waals surface area contributed by atoms with Crippen LogP contribution in [0.15, 0.2) is 41.6 Å². The molecule has 0 aliphatic heterocycles. The highest BCUT2D eigenvalue weighted by Gasteiger charge is 2.13. The average Bonchev–Trinajstić information content (AvgIpc) is 2.99. The van der Waals surface area contributed by atoms with E-state index in [1.165, 1.54) is 11.8 Å². The fourth-order valence-corrected chi connectivity index (χ4v) is 3.16. The van der Waals surface area contributed by atoms with Crippen LogP contribution in [0.5, 0.6) is 0 Å². The second-order valence-corrected chi connectivity index (χ2v) is 5.70. The van der Waals surface area contributed by atoms with Gasteiger partial charge >= 0.3 is 0 Å². The first-order valence-electron chi connectivity index (χ1n) is 6.38. The summed E-state index contributed by atoms with van der Waals surface area (Å²) in [4.78, 5) is 15.5. The van der Waals surface area contributed by atoms with Crippen molar-refractivity contribution in [1.29, 1.82) is 0 Å². The summed E-state index contributed by atoms with van der Waals surface area (Å²) in [5.74, 6) is 0.548. The van der Waals surface area contributed by atoms with Crippen LogP contribution in [0.2, 0.25) is 0 Å². The highest BCUT2D eigenvalue weighted by molar-refractivity contribution is 7.99. The maximum atomic E-state index is 12.3. The Morgan fingerprint density at radius 1 is 1.40 bits per heavy atom. The number of hydrogen-bond acceptors (Lipinski definition) is 3. The van der Waals surface area contributed by atoms with Gasteiger partial charge in [-0.05, 0) is 19.1 Å². The van der Waals surface area contributed by atoms with Gasteiger partial charge < -0.3 is 4.98 Å². The maximum absolute atomic E-state index is 12.3. The van der Waals surface area contributed by atoms with E-state index in [2.05, 4.69) is 10.1 Å². The van der Waals surface area contributed by atoms with Crippen molar-refractivity contribution in [3.05, 3.63) is 47.8 Å². The largest absolute Gasteiger partial charge is 0.360 e. The van der Waals surface area contributed by atoms with Gasteiger partial charge in [-0.1, -0.05) is 30.0 Å². The monoisotopic (exact) mass is 285 g/mol. The van der Waals surface area contributed by atoms with E-state index in [0.717, 1.165) is 27.2 Å². The molecular weight excluding hydrogens is 270 g/mol. The number of benzene rings is 1. The number of nitrogens with zero attached hydrogens (tertiary/aromatic N) is 2. The molecule has 5 heteroatoms. The van der Waals surface area contributed by atoms with Crippen LogP contribution in [-0.2, 0) is 7.05 Å². The van der Waals surface area contributed by atoms with E-state index < -0.39 is 0 Å². The van der Waals surface area contributed by atoms with Crippen molar-refractivity contribution in [3.63, 3.8) is 0 Å². The molecule has 3 aromatic rings. The number of H-pyrrole nitrogens is 1. The molecule has 20 heavy (non-hydrogen) atoms. The summed E-state index contributed by atoms with van der Waals surface area (Å²) in [6.07, 6.45) is 1.79. The van der Waals surface area contributed by atoms with Crippen LogP contribution >= 0.6 is 11.8 Å². The lowest BCUT2D eigenvalue weighted by atomic mass is 10.1. The fraction of sp³-hybridized carbons (Fsp3) is 0.200. The maximum Gasteiger partial charge on any atom is 0.175 e. The normalized spacial score (nSPS) is 11.1. The van der Waals surface area contributed by atoms with Crippen LogP contribution in [0.4, 0.5) is 0 Å². The summed E-state index contributed by atoms with van der Waals surface area (Å²) in [6.45, 7) is 1.95. The van der Waals surface area contributed by atoms with Gasteiger partial charge in [0.2, 0.25) is 0 Å². The number of nitrogens with one attached hydrogen (secondary N) is 1. The number of aromatic amines is 1. The third kappa shape index (κ3) is 2.36. The van der Waals surface area contributed by atoms with Crippen molar-refractivity contribution in [1.82, 2.24) is 14.8 Å². The highest BCUT2D eigenvalue weighted by atomic mass is 32.2. The van der Waals surface area contributed by atoms with Gasteiger partial charge in [0.15, 0.2) is 5.78 Å². The summed E-state index contributed by atoms with van der Waals surface area (Å²) < 4.78 is 1.81. The molecule has 102 valence electrons. The average molecular weight is 285 g/mol. The summed E-state index contributed by atoms with van der Waals surface area (Å²) in [7, 11) is 1.89. The Kier molecular flexibility index (Phi) is 3.36. The molecule has 0 bridgehead atoms. The predicted octanol–water partition coefficient (Wildman–Crippen LogP) is 3.18. The number of fused-ring (bicyclic) bond motifs is 1. The van der Waals surface area contributed by atoms with Gasteiger partial charge in [-0.25, -0.2) is 0 Å². The second-order valence-electron chi connectivity index (χ2n) is 4.71. The molecule has 2 heterocycles. The zero-order valence-electron chi connectivity index (χ0n) is 11.4. The molecule has 4 nitrogen and oxygen atoms in total. The van der Waals surface area contributed by atoms with E-state index in [9.17, 15) is 4.79 Å². The minimum atomic E-state index is 0.131. The van der Waals surface area contributed by atoms with Crippen molar-refractivity contribution >= 4 is 28.4 Å². The zero-order valence-corrected chi connectivity index (χ0v) is 12.2. The molecule has 0 amide bonds. The van der Waals surface area contributed by atoms with Gasteiger partial charge in [-0.15, -0.1) is 0 Å². The number of thioether (sulfide) groups is 1. The first-order chi connectivity index (χ1) is 9.65. The van der Waals surface area contributed by atoms with Crippen LogP contribution in [0, 0.1) is 6.92 Å². The Morgan fingerprint density at radius 2 is 2.20 bits per heavy atom. The smallest absolute Gasteiger partial charge is 0.175 e. The molecule has 0 saturated heterocycles. The van der Waals surface area contributed by atoms with Crippen LogP contribution in [0.3, 0.4) is 0 Å². The lowest BCUT2D eigenvalue weighted by molar-refractivity contribution is 0.102. The SMILES string of the molecule is Cc1cc(SCC(=O)c2c[nH]c3ccccc23)n(C)n1. The third-order valence-corrected chi connectivity index (χ3v) is 4.28. The molecule has 0 unspecified atom stereocenters. The van der Waals surface area contributed by atoms with Crippen LogP contribution in [-0.4, -0.2) is 26.3 Å². The number of para-hydroxylation sites is 1. The quantitative estimate of drug-likeness (QED) is 0.591. The van der Waals surface area contributed by atoms with Gasteiger partial charge in [0.25, 0.3) is 0 Å². The molecule has 0 aliphatic carbocycles. The number of rotatable bonds is 4. The summed E-state index contributed by atoms with van der Waals surface area (Å²) in [5, 5.41) is 6.28. The summed E-state index contributed by atoms with van der Waals surface area (Å²) in [6, 6.07) is 9.85. The molecule has 0 aliphatic rings. The summed E-state index contributed by atoms with van der Waals surface area (Å²) in [5.41, 5.74) is 2.72. The first kappa shape index (κ1) is 13.0. The Morgan fingerprint density at radius 3 is 2.95 bits per heavy atom. The van der Waals surface area contributed by atoms with E-state index in [-0.39, 0.29) is 5.78 Å². The minimum Gasteiger partial charge on any atom is -0.360 e. The minimum absolute atomic E-state index is 0.131. The Balaban J connectivity index is 1.78. The lowest BCUT2D eigenvalue weighted by Gasteiger charge is -2.01. The fourth-order valence-electron chi connectivity index (χ4n) is 2.24. The van der Waals surface area contributed by atoms with Crippen molar-refractivity contribution in [2.45, 2.75) is 11.9 Å². The topological polar surface area (TPSA) is 50.7 Å². The number of carbonyl (C=O) groups excluding carboxylic acids is 1. The second kappa shape index (κ2) is 5.17. The van der Waals surface area contributed by atoms with Crippen molar-refractivity contribution in [2.24, 2.45) is 7.05 Å². The van der Waals surface area contributed by atoms with E-state index in [0.29, 0.717) is 5.75 Å². The van der Waals surface area contributed by atoms with Crippen molar-refractivity contribution < 1.29 is 4.79 Å². The van der Waals surface area contributed by atoms with E-state index in [1.807, 2.05) is 49.0 Å². The van der Waals surface area contributed by atoms with Crippen molar-refractivity contribution in [3.8, 4) is 0 Å². The molecule has 0 atom stereocenters. The van der Waals surface area contributed by atoms with Gasteiger partial charge in [0, 0.05) is 29.7 Å². The van der Waals surface area contributed by atoms with Crippen LogP contribution in [0.25, 0.3) is 10.9 Å². The van der Waals surface area contributed by atoms with Gasteiger partial charge in [-0.2, -0.15) is 5.10 Å². The van der Waals surface area contributed by atoms with Crippen LogP contribution < -0.4 is 0 Å². The molecular formula is C15H15N3OS. The number of aromatic nitrogens is 3. The Bertz CT molecular complexity index is 772. The molecule has 0 fully saturated rings. The number of aryl methyl sites for hydroxylation is 2. The molecule has 0 saturated carbocycles. The van der Waals surface area contributed by atoms with E-state index in [4.69, 9.17) is 0 Å². The Hall–Kier alpha value is -2.01. The van der Waals surface area contributed by atoms with E-state index >= 15 is 0 Å². The standard InChI is InChI=1S/C15H15N3OS/c1-10-7-15(18(2)17-10)20-9-14(19)12-8-16-13-6-4-3-5-11(12)13/h3-8,16H,9H2,1-2H3. The highest BCUT2D eigenvalue weighted by Crippen LogP contribution is 2.23. The molecule has 0 spiro atoms. The molecule has 1 N–H and O–H groups in total. The zero-order chi connectivity index (χ0) is 14.1. The lowest BCUT2D eigenvalue weighted by Crippen LogP contribution is -2.02. The van der Waals surface area contributed by atoms with E-state index in [1.54, 1.807) is 6.20 Å². The van der Waals surface area contributed by atoms with Crippen LogP contribution in [0.1, 0.15) is 16.1 Å². The predicted molar refractivity (Wildman–Crippen MR) is 81.3 cm³/mol. The summed E-state index contributed by atoms with van der Waals surface area (Å²) >= 11 is 1.52. The molecule has 2 aromatic heterocycles. The number of ketones is 1. The van der Waals surface area contributed by atoms with Crippen molar-refractivity contribution in [2.75, 3.05) is 5.75 Å². The molecule has 3 rings (SSSR count). The first-order valence-corrected chi connectivity index (χ1v) is 7.36. The van der Waals surface area contributed by atoms with Gasteiger partial charge in [0.1, 0.15) is 0 Å². The number of carbonyl (C=O) groups is 1. The molecule has 0 radical (unpaired) electrons. The van der Waals surface area contributed by atoms with Gasteiger partial charge in [0.05, 0.1) is 16.5 Å². The molecule has 1 aromatic carbocycles. The van der Waals surface area contributed by atoms with Gasteiger partial charge in [-0.3, -0.25) is 9.48 Å². The number of hydrogen-bond donors (Lipinski definition) is 1. The Labute approximate surface area is 121 Å². The number of Topliss-reactive ketones (excluding diaryl/α,β-unsaturated/α-hetero) is 1. The third-order valence-electron chi connectivity index (χ3n) is 3.20.